The molecular weight excluding hydrogens is 198 g/mol. The lowest BCUT2D eigenvalue weighted by Gasteiger charge is -2.26. The Bertz CT molecular complexity index is 347. The van der Waals surface area contributed by atoms with Gasteiger partial charge < -0.3 is 5.32 Å². The smallest absolute Gasteiger partial charge is 0.163 e. The van der Waals surface area contributed by atoms with E-state index in [1.54, 1.807) is 12.1 Å². The first kappa shape index (κ1) is 9.69. The number of hydrogen-bond donors (Lipinski definition) is 1. The second-order valence-electron chi connectivity index (χ2n) is 3.66. The highest BCUT2D eigenvalue weighted by atomic mass is 35.5. The lowest BCUT2D eigenvalue weighted by atomic mass is 9.94. The van der Waals surface area contributed by atoms with Gasteiger partial charge in [-0.25, -0.2) is 0 Å². The van der Waals surface area contributed by atoms with Crippen LogP contribution in [0.4, 0.5) is 0 Å². The zero-order valence-corrected chi connectivity index (χ0v) is 8.55. The summed E-state index contributed by atoms with van der Waals surface area (Å²) in [5, 5.41) is 3.78. The van der Waals surface area contributed by atoms with E-state index < -0.39 is 0 Å². The van der Waals surface area contributed by atoms with Gasteiger partial charge in [-0.05, 0) is 31.1 Å². The van der Waals surface area contributed by atoms with Crippen molar-refractivity contribution in [2.45, 2.75) is 6.42 Å². The minimum absolute atomic E-state index is 0.194. The average molecular weight is 210 g/mol. The number of rotatable bonds is 3. The molecule has 1 aliphatic heterocycles. The Morgan fingerprint density at radius 2 is 2.29 bits per heavy atom. The van der Waals surface area contributed by atoms with E-state index in [-0.39, 0.29) is 5.78 Å². The molecule has 3 heteroatoms. The summed E-state index contributed by atoms with van der Waals surface area (Å²) in [6.07, 6.45) is 0.632. The van der Waals surface area contributed by atoms with Crippen molar-refractivity contribution < 1.29 is 4.79 Å². The average Bonchev–Trinajstić information content (AvgIpc) is 2.11. The van der Waals surface area contributed by atoms with Gasteiger partial charge in [0.15, 0.2) is 5.78 Å². The predicted octanol–water partition coefficient (Wildman–Crippen LogP) is 2.13. The summed E-state index contributed by atoms with van der Waals surface area (Å²) in [6.45, 7) is 1.93. The van der Waals surface area contributed by atoms with Crippen LogP contribution in [0, 0.1) is 5.92 Å². The first-order chi connectivity index (χ1) is 6.75. The largest absolute Gasteiger partial charge is 0.316 e. The second kappa shape index (κ2) is 4.11. The van der Waals surface area contributed by atoms with Crippen LogP contribution in [0.25, 0.3) is 0 Å². The maximum absolute atomic E-state index is 11.7. The molecule has 1 aromatic rings. The van der Waals surface area contributed by atoms with Gasteiger partial charge in [0, 0.05) is 17.0 Å². The molecule has 2 nitrogen and oxygen atoms in total. The fraction of sp³-hybridized carbons (Fsp3) is 0.364. The number of carbonyl (C=O) groups excluding carboxylic acids is 1. The van der Waals surface area contributed by atoms with Crippen LogP contribution >= 0.6 is 11.6 Å². The van der Waals surface area contributed by atoms with Gasteiger partial charge in [0.25, 0.3) is 0 Å². The molecule has 1 heterocycles. The fourth-order valence-corrected chi connectivity index (χ4v) is 1.73. The fourth-order valence-electron chi connectivity index (χ4n) is 1.53. The van der Waals surface area contributed by atoms with Crippen molar-refractivity contribution in [3.63, 3.8) is 0 Å². The van der Waals surface area contributed by atoms with E-state index in [0.29, 0.717) is 17.4 Å². The minimum Gasteiger partial charge on any atom is -0.316 e. The lowest BCUT2D eigenvalue weighted by molar-refractivity contribution is 0.0945. The van der Waals surface area contributed by atoms with Crippen molar-refractivity contribution in [3.05, 3.63) is 34.9 Å². The van der Waals surface area contributed by atoms with Crippen LogP contribution in [0.15, 0.2) is 24.3 Å². The normalized spacial score (nSPS) is 16.4. The molecular formula is C11H12ClNO. The molecule has 0 aliphatic carbocycles. The first-order valence-corrected chi connectivity index (χ1v) is 5.13. The Hall–Kier alpha value is -0.860. The molecule has 2 rings (SSSR count). The van der Waals surface area contributed by atoms with Crippen LogP contribution in [0.2, 0.25) is 5.02 Å². The summed E-state index contributed by atoms with van der Waals surface area (Å²) in [7, 11) is 0. The summed E-state index contributed by atoms with van der Waals surface area (Å²) in [4.78, 5) is 11.7. The van der Waals surface area contributed by atoms with Crippen molar-refractivity contribution in [3.8, 4) is 0 Å². The molecule has 0 aromatic heterocycles. The number of carbonyl (C=O) groups is 1. The van der Waals surface area contributed by atoms with Crippen LogP contribution in [-0.2, 0) is 0 Å². The highest BCUT2D eigenvalue weighted by Crippen LogP contribution is 2.16. The van der Waals surface area contributed by atoms with E-state index in [2.05, 4.69) is 5.32 Å². The standard InChI is InChI=1S/C11H12ClNO/c12-10-3-1-2-9(5-10)11(14)4-8-6-13-7-8/h1-3,5,8,13H,4,6-7H2. The Morgan fingerprint density at radius 1 is 1.50 bits per heavy atom. The number of ketones is 1. The number of nitrogens with one attached hydrogen (secondary N) is 1. The molecule has 1 saturated heterocycles. The molecule has 74 valence electrons. The number of benzene rings is 1. The van der Waals surface area contributed by atoms with Gasteiger partial charge in [0.2, 0.25) is 0 Å². The minimum atomic E-state index is 0.194. The number of hydrogen-bond acceptors (Lipinski definition) is 2. The third-order valence-corrected chi connectivity index (χ3v) is 2.72. The molecule has 1 aliphatic rings. The van der Waals surface area contributed by atoms with Crippen molar-refractivity contribution in [2.24, 2.45) is 5.92 Å². The molecule has 0 spiro atoms. The van der Waals surface area contributed by atoms with Gasteiger partial charge in [-0.2, -0.15) is 0 Å². The van der Waals surface area contributed by atoms with Crippen LogP contribution < -0.4 is 5.32 Å². The molecule has 1 N–H and O–H groups in total. The Kier molecular flexibility index (Phi) is 2.85. The molecule has 0 unspecified atom stereocenters. The first-order valence-electron chi connectivity index (χ1n) is 4.75. The van der Waals surface area contributed by atoms with Crippen LogP contribution in [0.1, 0.15) is 16.8 Å². The third kappa shape index (κ3) is 2.14. The zero-order valence-electron chi connectivity index (χ0n) is 7.79. The van der Waals surface area contributed by atoms with E-state index >= 15 is 0 Å². The lowest BCUT2D eigenvalue weighted by Crippen LogP contribution is -2.42. The van der Waals surface area contributed by atoms with Gasteiger partial charge in [-0.1, -0.05) is 23.7 Å². The third-order valence-electron chi connectivity index (χ3n) is 2.49. The van der Waals surface area contributed by atoms with E-state index in [9.17, 15) is 4.79 Å². The highest BCUT2D eigenvalue weighted by molar-refractivity contribution is 6.31. The van der Waals surface area contributed by atoms with Gasteiger partial charge in [-0.3, -0.25) is 4.79 Å². The van der Waals surface area contributed by atoms with Gasteiger partial charge in [0.05, 0.1) is 0 Å². The predicted molar refractivity (Wildman–Crippen MR) is 56.8 cm³/mol. The molecule has 0 bridgehead atoms. The second-order valence-corrected chi connectivity index (χ2v) is 4.10. The van der Waals surface area contributed by atoms with Gasteiger partial charge >= 0.3 is 0 Å². The quantitative estimate of drug-likeness (QED) is 0.773. The van der Waals surface area contributed by atoms with Crippen molar-refractivity contribution in [1.82, 2.24) is 5.32 Å². The van der Waals surface area contributed by atoms with Crippen molar-refractivity contribution >= 4 is 17.4 Å². The molecule has 0 radical (unpaired) electrons. The Balaban J connectivity index is 2.02. The SMILES string of the molecule is O=C(CC1CNC1)c1cccc(Cl)c1. The number of Topliss-reactive ketones (excluding diaryl/α,β-unsaturated/α-hetero) is 1. The van der Waals surface area contributed by atoms with Crippen molar-refractivity contribution in [2.75, 3.05) is 13.1 Å². The summed E-state index contributed by atoms with van der Waals surface area (Å²) >= 11 is 5.81. The highest BCUT2D eigenvalue weighted by Gasteiger charge is 2.20. The van der Waals surface area contributed by atoms with Gasteiger partial charge in [-0.15, -0.1) is 0 Å². The Morgan fingerprint density at radius 3 is 2.86 bits per heavy atom. The molecule has 0 amide bonds. The summed E-state index contributed by atoms with van der Waals surface area (Å²) in [5.74, 6) is 0.709. The van der Waals surface area contributed by atoms with Crippen LogP contribution in [0.5, 0.6) is 0 Å². The maximum Gasteiger partial charge on any atom is 0.163 e. The summed E-state index contributed by atoms with van der Waals surface area (Å²) in [5.41, 5.74) is 0.726. The monoisotopic (exact) mass is 209 g/mol. The maximum atomic E-state index is 11.7. The molecule has 0 saturated carbocycles. The van der Waals surface area contributed by atoms with E-state index in [0.717, 1.165) is 18.7 Å². The van der Waals surface area contributed by atoms with E-state index in [1.807, 2.05) is 12.1 Å². The topological polar surface area (TPSA) is 29.1 Å². The Labute approximate surface area is 88.3 Å². The number of halogens is 1. The van der Waals surface area contributed by atoms with E-state index in [1.165, 1.54) is 0 Å². The summed E-state index contributed by atoms with van der Waals surface area (Å²) < 4.78 is 0. The van der Waals surface area contributed by atoms with Crippen LogP contribution in [0.3, 0.4) is 0 Å². The van der Waals surface area contributed by atoms with Crippen LogP contribution in [-0.4, -0.2) is 18.9 Å². The van der Waals surface area contributed by atoms with E-state index in [4.69, 9.17) is 11.6 Å². The molecule has 1 fully saturated rings. The molecule has 14 heavy (non-hydrogen) atoms. The van der Waals surface area contributed by atoms with Gasteiger partial charge in [0.1, 0.15) is 0 Å². The summed E-state index contributed by atoms with van der Waals surface area (Å²) in [6, 6.07) is 7.15. The van der Waals surface area contributed by atoms with Crippen molar-refractivity contribution in [1.29, 1.82) is 0 Å². The molecule has 0 atom stereocenters. The zero-order chi connectivity index (χ0) is 9.97. The molecule has 1 aromatic carbocycles.